The molecular formula is C33H40ClN5O3. The summed E-state index contributed by atoms with van der Waals surface area (Å²) >= 11 is 6.30. The van der Waals surface area contributed by atoms with Gasteiger partial charge in [0.15, 0.2) is 0 Å². The number of rotatable bonds is 12. The third kappa shape index (κ3) is 9.14. The molecule has 0 saturated heterocycles. The largest absolute Gasteiger partial charge is 0.444 e. The standard InChI is InChI=1S/C33H40ClN5O3/c1-23-10-12-24(13-11-23)21-37-28(16-17-35-18-19-36-32(41)42-33(2,3)4)30-38-29-20-26(34)14-15-27(29)31(40)39(30)22-25-8-6-5-7-9-25/h5-15,20,28,35,37H,16-19,21-22H2,1-4H3,(H,36,41). The molecule has 3 aromatic carbocycles. The number of alkyl carbamates (subject to hydrolysis) is 1. The first kappa shape index (κ1) is 31.2. The van der Waals surface area contributed by atoms with Crippen LogP contribution in [-0.4, -0.2) is 40.9 Å². The number of ether oxygens (including phenoxy) is 1. The summed E-state index contributed by atoms with van der Waals surface area (Å²) in [4.78, 5) is 30.8. The van der Waals surface area contributed by atoms with Crippen LogP contribution in [-0.2, 0) is 17.8 Å². The number of carbonyl (C=O) groups is 1. The Bertz CT molecular complexity index is 1530. The second-order valence-electron chi connectivity index (χ2n) is 11.4. The molecule has 0 spiro atoms. The molecule has 1 atom stereocenters. The zero-order valence-electron chi connectivity index (χ0n) is 24.7. The molecule has 4 aromatic rings. The van der Waals surface area contributed by atoms with Gasteiger partial charge in [0, 0.05) is 24.7 Å². The van der Waals surface area contributed by atoms with Crippen molar-refractivity contribution >= 4 is 28.6 Å². The molecule has 8 nitrogen and oxygen atoms in total. The van der Waals surface area contributed by atoms with E-state index >= 15 is 0 Å². The summed E-state index contributed by atoms with van der Waals surface area (Å²) in [5.41, 5.74) is 3.28. The Kier molecular flexibility index (Phi) is 10.7. The van der Waals surface area contributed by atoms with Gasteiger partial charge < -0.3 is 20.7 Å². The Balaban J connectivity index is 1.57. The van der Waals surface area contributed by atoms with Crippen molar-refractivity contribution in [2.24, 2.45) is 0 Å². The number of hydrogen-bond acceptors (Lipinski definition) is 6. The van der Waals surface area contributed by atoms with Gasteiger partial charge in [0.1, 0.15) is 11.4 Å². The van der Waals surface area contributed by atoms with Gasteiger partial charge in [0.2, 0.25) is 0 Å². The van der Waals surface area contributed by atoms with Crippen LogP contribution in [0.1, 0.15) is 55.7 Å². The van der Waals surface area contributed by atoms with Gasteiger partial charge in [-0.25, -0.2) is 9.78 Å². The molecule has 0 fully saturated rings. The van der Waals surface area contributed by atoms with Crippen molar-refractivity contribution in [3.8, 4) is 0 Å². The van der Waals surface area contributed by atoms with Gasteiger partial charge in [-0.2, -0.15) is 0 Å². The summed E-state index contributed by atoms with van der Waals surface area (Å²) in [5, 5.41) is 10.9. The maximum Gasteiger partial charge on any atom is 0.407 e. The van der Waals surface area contributed by atoms with Gasteiger partial charge in [-0.15, -0.1) is 0 Å². The highest BCUT2D eigenvalue weighted by atomic mass is 35.5. The van der Waals surface area contributed by atoms with Gasteiger partial charge in [-0.1, -0.05) is 71.8 Å². The van der Waals surface area contributed by atoms with Crippen molar-refractivity contribution in [2.45, 2.75) is 58.8 Å². The van der Waals surface area contributed by atoms with Crippen LogP contribution in [0.2, 0.25) is 5.02 Å². The van der Waals surface area contributed by atoms with E-state index in [-0.39, 0.29) is 11.6 Å². The van der Waals surface area contributed by atoms with Gasteiger partial charge in [-0.3, -0.25) is 9.36 Å². The summed E-state index contributed by atoms with van der Waals surface area (Å²) in [7, 11) is 0. The molecule has 0 radical (unpaired) electrons. The maximum absolute atomic E-state index is 13.8. The quantitative estimate of drug-likeness (QED) is 0.182. The van der Waals surface area contributed by atoms with Gasteiger partial charge in [-0.05, 0) is 70.0 Å². The number of aromatic nitrogens is 2. The van der Waals surface area contributed by atoms with Crippen LogP contribution in [0, 0.1) is 6.92 Å². The van der Waals surface area contributed by atoms with Crippen molar-refractivity contribution < 1.29 is 9.53 Å². The van der Waals surface area contributed by atoms with Crippen LogP contribution in [0.15, 0.2) is 77.6 Å². The third-order valence-electron chi connectivity index (χ3n) is 6.70. The first-order chi connectivity index (χ1) is 20.1. The SMILES string of the molecule is Cc1ccc(CNC(CCNCCNC(=O)OC(C)(C)C)c2nc3cc(Cl)ccc3c(=O)n2Cc2ccccc2)cc1. The zero-order chi connectivity index (χ0) is 30.1. The highest BCUT2D eigenvalue weighted by Crippen LogP contribution is 2.21. The number of benzene rings is 3. The summed E-state index contributed by atoms with van der Waals surface area (Å²) in [5.74, 6) is 0.652. The second-order valence-corrected chi connectivity index (χ2v) is 11.8. The average Bonchev–Trinajstić information content (AvgIpc) is 2.94. The van der Waals surface area contributed by atoms with Crippen molar-refractivity contribution in [2.75, 3.05) is 19.6 Å². The summed E-state index contributed by atoms with van der Waals surface area (Å²) < 4.78 is 7.07. The van der Waals surface area contributed by atoms with Gasteiger partial charge in [0.25, 0.3) is 5.56 Å². The lowest BCUT2D eigenvalue weighted by atomic mass is 10.1. The lowest BCUT2D eigenvalue weighted by Gasteiger charge is -2.23. The van der Waals surface area contributed by atoms with Gasteiger partial charge in [0.05, 0.1) is 23.5 Å². The van der Waals surface area contributed by atoms with Crippen LogP contribution < -0.4 is 21.5 Å². The lowest BCUT2D eigenvalue weighted by molar-refractivity contribution is 0.0528. The number of aryl methyl sites for hydroxylation is 1. The number of carbonyl (C=O) groups excluding carboxylic acids is 1. The summed E-state index contributed by atoms with van der Waals surface area (Å²) in [6.07, 6.45) is 0.219. The topological polar surface area (TPSA) is 97.3 Å². The predicted octanol–water partition coefficient (Wildman–Crippen LogP) is 5.74. The fraction of sp³-hybridized carbons (Fsp3) is 0.364. The molecule has 3 N–H and O–H groups in total. The molecule has 9 heteroatoms. The van der Waals surface area contributed by atoms with E-state index in [0.29, 0.717) is 60.9 Å². The number of fused-ring (bicyclic) bond motifs is 1. The van der Waals surface area contributed by atoms with Crippen LogP contribution >= 0.6 is 11.6 Å². The Morgan fingerprint density at radius 3 is 2.43 bits per heavy atom. The minimum Gasteiger partial charge on any atom is -0.444 e. The molecule has 0 aliphatic rings. The van der Waals surface area contributed by atoms with Crippen molar-refractivity contribution in [1.29, 1.82) is 0 Å². The molecule has 0 aliphatic carbocycles. The molecule has 0 saturated carbocycles. The van der Waals surface area contributed by atoms with Crippen LogP contribution in [0.3, 0.4) is 0 Å². The predicted molar refractivity (Wildman–Crippen MR) is 169 cm³/mol. The normalized spacial score (nSPS) is 12.3. The first-order valence-electron chi connectivity index (χ1n) is 14.3. The fourth-order valence-electron chi connectivity index (χ4n) is 4.60. The lowest BCUT2D eigenvalue weighted by Crippen LogP contribution is -2.37. The van der Waals surface area contributed by atoms with Crippen molar-refractivity contribution in [1.82, 2.24) is 25.5 Å². The van der Waals surface area contributed by atoms with Gasteiger partial charge >= 0.3 is 6.09 Å². The van der Waals surface area contributed by atoms with E-state index in [1.807, 2.05) is 51.1 Å². The number of amides is 1. The minimum atomic E-state index is -0.541. The number of hydrogen-bond donors (Lipinski definition) is 3. The van der Waals surface area contributed by atoms with Crippen LogP contribution in [0.4, 0.5) is 4.79 Å². The highest BCUT2D eigenvalue weighted by molar-refractivity contribution is 6.31. The van der Waals surface area contributed by atoms with E-state index in [9.17, 15) is 9.59 Å². The van der Waals surface area contributed by atoms with Crippen molar-refractivity contribution in [3.05, 3.63) is 111 Å². The zero-order valence-corrected chi connectivity index (χ0v) is 25.5. The molecule has 1 heterocycles. The first-order valence-corrected chi connectivity index (χ1v) is 14.7. The number of nitrogens with zero attached hydrogens (tertiary/aromatic N) is 2. The van der Waals surface area contributed by atoms with E-state index in [0.717, 1.165) is 11.1 Å². The van der Waals surface area contributed by atoms with E-state index in [1.165, 1.54) is 5.56 Å². The van der Waals surface area contributed by atoms with E-state index in [2.05, 4.69) is 47.1 Å². The molecule has 0 bridgehead atoms. The Hall–Kier alpha value is -3.72. The highest BCUT2D eigenvalue weighted by Gasteiger charge is 2.21. The van der Waals surface area contributed by atoms with Crippen LogP contribution in [0.25, 0.3) is 10.9 Å². The molecule has 1 unspecified atom stereocenters. The number of nitrogens with one attached hydrogen (secondary N) is 3. The van der Waals surface area contributed by atoms with E-state index in [1.54, 1.807) is 22.8 Å². The number of halogens is 1. The average molecular weight is 590 g/mol. The smallest absolute Gasteiger partial charge is 0.407 e. The third-order valence-corrected chi connectivity index (χ3v) is 6.93. The molecule has 222 valence electrons. The second kappa shape index (κ2) is 14.4. The molecule has 1 amide bonds. The monoisotopic (exact) mass is 589 g/mol. The van der Waals surface area contributed by atoms with Crippen molar-refractivity contribution in [3.63, 3.8) is 0 Å². The van der Waals surface area contributed by atoms with Crippen LogP contribution in [0.5, 0.6) is 0 Å². The summed E-state index contributed by atoms with van der Waals surface area (Å²) in [6.45, 7) is 10.2. The molecule has 4 rings (SSSR count). The van der Waals surface area contributed by atoms with E-state index < -0.39 is 11.7 Å². The molecule has 1 aromatic heterocycles. The van der Waals surface area contributed by atoms with E-state index in [4.69, 9.17) is 21.3 Å². The summed E-state index contributed by atoms with van der Waals surface area (Å²) in [6, 6.07) is 23.3. The molecular weight excluding hydrogens is 550 g/mol. The maximum atomic E-state index is 13.8. The molecule has 42 heavy (non-hydrogen) atoms. The fourth-order valence-corrected chi connectivity index (χ4v) is 4.77. The molecule has 0 aliphatic heterocycles. The Labute approximate surface area is 252 Å². The Morgan fingerprint density at radius 1 is 0.976 bits per heavy atom. The minimum absolute atomic E-state index is 0.104. The Morgan fingerprint density at radius 2 is 1.71 bits per heavy atom.